The molecular formula is C16H13Br2N3O2. The molecule has 2 aromatic carbocycles. The predicted octanol–water partition coefficient (Wildman–Crippen LogP) is 3.77. The van der Waals surface area contributed by atoms with Crippen LogP contribution in [0.2, 0.25) is 0 Å². The van der Waals surface area contributed by atoms with Crippen molar-refractivity contribution in [1.82, 2.24) is 10.4 Å². The molecule has 0 bridgehead atoms. The van der Waals surface area contributed by atoms with E-state index in [1.54, 1.807) is 30.3 Å². The van der Waals surface area contributed by atoms with E-state index in [2.05, 4.69) is 42.6 Å². The standard InChI is InChI=1S/C16H13Br2N3O2/c1-9-19-14-7-6-12(18)8-13(14)16(23)21(9)20-15(22)10-2-4-11(17)5-3-10/h2-9,19H,1H3,(H,20,22). The van der Waals surface area contributed by atoms with Crippen LogP contribution in [0.3, 0.4) is 0 Å². The molecule has 0 saturated heterocycles. The van der Waals surface area contributed by atoms with Gasteiger partial charge in [0.1, 0.15) is 6.17 Å². The minimum Gasteiger partial charge on any atom is -0.363 e. The van der Waals surface area contributed by atoms with Gasteiger partial charge in [0.25, 0.3) is 11.8 Å². The Morgan fingerprint density at radius 3 is 2.48 bits per heavy atom. The number of anilines is 1. The maximum atomic E-state index is 12.6. The van der Waals surface area contributed by atoms with Gasteiger partial charge in [-0.1, -0.05) is 31.9 Å². The number of hydrogen-bond acceptors (Lipinski definition) is 3. The van der Waals surface area contributed by atoms with Gasteiger partial charge in [-0.25, -0.2) is 5.01 Å². The Morgan fingerprint density at radius 1 is 1.13 bits per heavy atom. The van der Waals surface area contributed by atoms with Crippen LogP contribution in [0, 0.1) is 0 Å². The largest absolute Gasteiger partial charge is 0.363 e. The van der Waals surface area contributed by atoms with E-state index < -0.39 is 0 Å². The number of carbonyl (C=O) groups is 2. The molecule has 1 aliphatic heterocycles. The first-order chi connectivity index (χ1) is 11.0. The topological polar surface area (TPSA) is 61.4 Å². The summed E-state index contributed by atoms with van der Waals surface area (Å²) in [7, 11) is 0. The van der Waals surface area contributed by atoms with E-state index in [0.717, 1.165) is 14.6 Å². The third-order valence-corrected chi connectivity index (χ3v) is 4.53. The third-order valence-electron chi connectivity index (χ3n) is 3.51. The summed E-state index contributed by atoms with van der Waals surface area (Å²) in [5.41, 5.74) is 4.40. The number of carbonyl (C=O) groups excluding carboxylic acids is 2. The van der Waals surface area contributed by atoms with E-state index in [-0.39, 0.29) is 18.0 Å². The molecule has 2 aromatic rings. The number of benzene rings is 2. The van der Waals surface area contributed by atoms with Crippen molar-refractivity contribution in [2.24, 2.45) is 0 Å². The Bertz CT molecular complexity index is 777. The molecule has 118 valence electrons. The fraction of sp³-hybridized carbons (Fsp3) is 0.125. The fourth-order valence-electron chi connectivity index (χ4n) is 2.34. The minimum atomic E-state index is -0.351. The molecule has 3 rings (SSSR count). The number of hydrogen-bond donors (Lipinski definition) is 2. The Morgan fingerprint density at radius 2 is 1.78 bits per heavy atom. The van der Waals surface area contributed by atoms with Crippen LogP contribution in [0.1, 0.15) is 27.6 Å². The van der Waals surface area contributed by atoms with Gasteiger partial charge >= 0.3 is 0 Å². The molecule has 7 heteroatoms. The highest BCUT2D eigenvalue weighted by molar-refractivity contribution is 9.10. The summed E-state index contributed by atoms with van der Waals surface area (Å²) in [5.74, 6) is -0.587. The lowest BCUT2D eigenvalue weighted by Crippen LogP contribution is -2.56. The van der Waals surface area contributed by atoms with E-state index in [4.69, 9.17) is 0 Å². The Kier molecular flexibility index (Phi) is 4.41. The Hall–Kier alpha value is -1.86. The molecule has 0 saturated carbocycles. The van der Waals surface area contributed by atoms with Crippen molar-refractivity contribution in [2.75, 3.05) is 5.32 Å². The summed E-state index contributed by atoms with van der Waals surface area (Å²) in [4.78, 5) is 25.0. The second-order valence-corrected chi connectivity index (χ2v) is 6.96. The Labute approximate surface area is 150 Å². The van der Waals surface area contributed by atoms with Crippen molar-refractivity contribution < 1.29 is 9.59 Å². The first kappa shape index (κ1) is 16.0. The second kappa shape index (κ2) is 6.33. The number of halogens is 2. The summed E-state index contributed by atoms with van der Waals surface area (Å²) in [6, 6.07) is 12.4. The van der Waals surface area contributed by atoms with Crippen molar-refractivity contribution in [1.29, 1.82) is 0 Å². The zero-order valence-corrected chi connectivity index (χ0v) is 15.3. The summed E-state index contributed by atoms with van der Waals surface area (Å²) in [5, 5.41) is 4.50. The van der Waals surface area contributed by atoms with E-state index in [1.807, 2.05) is 19.1 Å². The SMILES string of the molecule is CC1Nc2ccc(Br)cc2C(=O)N1NC(=O)c1ccc(Br)cc1. The number of rotatable bonds is 2. The molecule has 0 aromatic heterocycles. The maximum Gasteiger partial charge on any atom is 0.276 e. The lowest BCUT2D eigenvalue weighted by atomic mass is 10.1. The predicted molar refractivity (Wildman–Crippen MR) is 95.0 cm³/mol. The average molecular weight is 439 g/mol. The highest BCUT2D eigenvalue weighted by Crippen LogP contribution is 2.27. The van der Waals surface area contributed by atoms with Gasteiger partial charge in [-0.3, -0.25) is 15.0 Å². The summed E-state index contributed by atoms with van der Waals surface area (Å²) in [6.45, 7) is 1.81. The number of hydrazine groups is 1. The average Bonchev–Trinajstić information content (AvgIpc) is 2.53. The molecule has 0 aliphatic carbocycles. The molecule has 23 heavy (non-hydrogen) atoms. The molecule has 0 radical (unpaired) electrons. The van der Waals surface area contributed by atoms with Gasteiger partial charge in [-0.2, -0.15) is 0 Å². The molecule has 1 atom stereocenters. The second-order valence-electron chi connectivity index (χ2n) is 5.13. The van der Waals surface area contributed by atoms with E-state index in [0.29, 0.717) is 11.1 Å². The number of nitrogens with one attached hydrogen (secondary N) is 2. The summed E-state index contributed by atoms with van der Waals surface area (Å²) in [6.07, 6.45) is -0.351. The molecule has 1 heterocycles. The van der Waals surface area contributed by atoms with Gasteiger partial charge in [-0.15, -0.1) is 0 Å². The fourth-order valence-corrected chi connectivity index (χ4v) is 2.96. The Balaban J connectivity index is 1.84. The quantitative estimate of drug-likeness (QED) is 0.750. The van der Waals surface area contributed by atoms with Crippen LogP contribution in [0.15, 0.2) is 51.4 Å². The van der Waals surface area contributed by atoms with Crippen LogP contribution in [-0.4, -0.2) is 23.0 Å². The van der Waals surface area contributed by atoms with E-state index in [9.17, 15) is 9.59 Å². The monoisotopic (exact) mass is 437 g/mol. The number of amides is 2. The normalized spacial score (nSPS) is 16.6. The van der Waals surface area contributed by atoms with Gasteiger partial charge in [0.15, 0.2) is 0 Å². The van der Waals surface area contributed by atoms with Gasteiger partial charge in [-0.05, 0) is 49.4 Å². The van der Waals surface area contributed by atoms with Crippen LogP contribution >= 0.6 is 31.9 Å². The van der Waals surface area contributed by atoms with Crippen molar-refractivity contribution in [3.63, 3.8) is 0 Å². The molecule has 0 fully saturated rings. The number of fused-ring (bicyclic) bond motifs is 1. The zero-order chi connectivity index (χ0) is 16.6. The van der Waals surface area contributed by atoms with Gasteiger partial charge in [0, 0.05) is 20.2 Å². The van der Waals surface area contributed by atoms with Crippen LogP contribution in [0.25, 0.3) is 0 Å². The van der Waals surface area contributed by atoms with Crippen molar-refractivity contribution in [2.45, 2.75) is 13.1 Å². The molecule has 0 spiro atoms. The molecular weight excluding hydrogens is 426 g/mol. The van der Waals surface area contributed by atoms with Gasteiger partial charge < -0.3 is 5.32 Å². The zero-order valence-electron chi connectivity index (χ0n) is 12.1. The lowest BCUT2D eigenvalue weighted by Gasteiger charge is -2.35. The number of nitrogens with zero attached hydrogens (tertiary/aromatic N) is 1. The summed E-state index contributed by atoms with van der Waals surface area (Å²) >= 11 is 6.68. The van der Waals surface area contributed by atoms with E-state index >= 15 is 0 Å². The third kappa shape index (κ3) is 3.25. The van der Waals surface area contributed by atoms with Crippen molar-refractivity contribution in [3.05, 3.63) is 62.5 Å². The summed E-state index contributed by atoms with van der Waals surface area (Å²) < 4.78 is 1.69. The van der Waals surface area contributed by atoms with Crippen LogP contribution < -0.4 is 10.7 Å². The molecule has 1 aliphatic rings. The maximum absolute atomic E-state index is 12.6. The molecule has 2 N–H and O–H groups in total. The first-order valence-electron chi connectivity index (χ1n) is 6.92. The molecule has 2 amide bonds. The van der Waals surface area contributed by atoms with Gasteiger partial charge in [0.05, 0.1) is 5.56 Å². The van der Waals surface area contributed by atoms with Gasteiger partial charge in [0.2, 0.25) is 0 Å². The lowest BCUT2D eigenvalue weighted by molar-refractivity contribution is 0.0510. The highest BCUT2D eigenvalue weighted by atomic mass is 79.9. The van der Waals surface area contributed by atoms with Crippen LogP contribution in [0.4, 0.5) is 5.69 Å². The first-order valence-corrected chi connectivity index (χ1v) is 8.50. The minimum absolute atomic E-state index is 0.252. The molecule has 1 unspecified atom stereocenters. The van der Waals surface area contributed by atoms with Crippen molar-refractivity contribution in [3.8, 4) is 0 Å². The van der Waals surface area contributed by atoms with Crippen LogP contribution in [0.5, 0.6) is 0 Å². The van der Waals surface area contributed by atoms with Crippen LogP contribution in [-0.2, 0) is 0 Å². The molecule has 5 nitrogen and oxygen atoms in total. The smallest absolute Gasteiger partial charge is 0.276 e. The van der Waals surface area contributed by atoms with E-state index in [1.165, 1.54) is 5.01 Å². The van der Waals surface area contributed by atoms with Crippen molar-refractivity contribution >= 4 is 49.4 Å². The highest BCUT2D eigenvalue weighted by Gasteiger charge is 2.31.